The lowest BCUT2D eigenvalue weighted by Crippen LogP contribution is -2.03. The van der Waals surface area contributed by atoms with Crippen LogP contribution in [-0.2, 0) is 7.05 Å². The first-order chi connectivity index (χ1) is 9.77. The molecule has 0 aliphatic rings. The highest BCUT2D eigenvalue weighted by molar-refractivity contribution is 4.90. The molecule has 116 valence electrons. The molecule has 1 aromatic rings. The third-order valence-electron chi connectivity index (χ3n) is 3.95. The van der Waals surface area contributed by atoms with Gasteiger partial charge in [0.25, 0.3) is 0 Å². The van der Waals surface area contributed by atoms with Crippen molar-refractivity contribution in [3.05, 3.63) is 5.82 Å². The van der Waals surface area contributed by atoms with Gasteiger partial charge in [0.2, 0.25) is 0 Å². The van der Waals surface area contributed by atoms with Crippen molar-refractivity contribution < 1.29 is 0 Å². The summed E-state index contributed by atoms with van der Waals surface area (Å²) < 4.78 is 0. The maximum absolute atomic E-state index is 4.42. The van der Waals surface area contributed by atoms with Crippen LogP contribution in [0.2, 0.25) is 0 Å². The van der Waals surface area contributed by atoms with Crippen LogP contribution >= 0.6 is 0 Å². The van der Waals surface area contributed by atoms with E-state index in [1.807, 2.05) is 7.05 Å². The van der Waals surface area contributed by atoms with Crippen molar-refractivity contribution in [2.75, 3.05) is 0 Å². The van der Waals surface area contributed by atoms with Crippen LogP contribution in [-0.4, -0.2) is 20.2 Å². The van der Waals surface area contributed by atoms with E-state index < -0.39 is 0 Å². The monoisotopic (exact) mass is 280 g/mol. The summed E-state index contributed by atoms with van der Waals surface area (Å²) in [6.45, 7) is 4.52. The second kappa shape index (κ2) is 10.8. The lowest BCUT2D eigenvalue weighted by molar-refractivity contribution is 0.475. The maximum Gasteiger partial charge on any atom is 0.177 e. The van der Waals surface area contributed by atoms with Gasteiger partial charge >= 0.3 is 0 Å². The molecule has 1 rings (SSSR count). The number of aryl methyl sites for hydroxylation is 1. The van der Waals surface area contributed by atoms with E-state index >= 15 is 0 Å². The standard InChI is InChI=1S/C16H32N4/c1-4-6-8-10-12-14-15(13-11-9-7-5-2)16-17-19-20(3)18-16/h15H,4-14H2,1-3H3. The minimum absolute atomic E-state index is 0.516. The predicted octanol–water partition coefficient (Wildman–Crippen LogP) is 4.62. The largest absolute Gasteiger partial charge is 0.177 e. The van der Waals surface area contributed by atoms with Crippen LogP contribution < -0.4 is 0 Å². The Bertz CT molecular complexity index is 335. The quantitative estimate of drug-likeness (QED) is 0.524. The minimum Gasteiger partial charge on any atom is -0.167 e. The average Bonchev–Trinajstić information content (AvgIpc) is 2.87. The van der Waals surface area contributed by atoms with Gasteiger partial charge in [-0.05, 0) is 18.1 Å². The SMILES string of the molecule is CCCCCCCC(CCCCCC)c1nnn(C)n1. The highest BCUT2D eigenvalue weighted by atomic mass is 15.6. The van der Waals surface area contributed by atoms with Crippen molar-refractivity contribution in [1.29, 1.82) is 0 Å². The molecule has 0 spiro atoms. The first-order valence-electron chi connectivity index (χ1n) is 8.51. The molecule has 0 aromatic carbocycles. The molecule has 0 fully saturated rings. The molecule has 0 radical (unpaired) electrons. The summed E-state index contributed by atoms with van der Waals surface area (Å²) in [6.07, 6.45) is 14.4. The normalized spacial score (nSPS) is 12.8. The zero-order valence-corrected chi connectivity index (χ0v) is 13.6. The van der Waals surface area contributed by atoms with Crippen molar-refractivity contribution in [3.8, 4) is 0 Å². The fourth-order valence-corrected chi connectivity index (χ4v) is 2.68. The fraction of sp³-hybridized carbons (Fsp3) is 0.938. The fourth-order valence-electron chi connectivity index (χ4n) is 2.68. The molecule has 0 amide bonds. The molecule has 4 heteroatoms. The second-order valence-electron chi connectivity index (χ2n) is 5.89. The van der Waals surface area contributed by atoms with Crippen molar-refractivity contribution in [2.45, 2.75) is 90.4 Å². The van der Waals surface area contributed by atoms with Crippen molar-refractivity contribution in [1.82, 2.24) is 20.2 Å². The predicted molar refractivity (Wildman–Crippen MR) is 83.7 cm³/mol. The van der Waals surface area contributed by atoms with Gasteiger partial charge in [-0.1, -0.05) is 71.6 Å². The summed E-state index contributed by atoms with van der Waals surface area (Å²) in [7, 11) is 1.85. The Kier molecular flexibility index (Phi) is 9.25. The lowest BCUT2D eigenvalue weighted by Gasteiger charge is -2.12. The molecule has 20 heavy (non-hydrogen) atoms. The van der Waals surface area contributed by atoms with Gasteiger partial charge in [0.1, 0.15) is 0 Å². The lowest BCUT2D eigenvalue weighted by atomic mass is 9.94. The van der Waals surface area contributed by atoms with Crippen LogP contribution in [0.25, 0.3) is 0 Å². The number of nitrogens with zero attached hydrogens (tertiary/aromatic N) is 4. The van der Waals surface area contributed by atoms with Gasteiger partial charge in [-0.2, -0.15) is 4.80 Å². The average molecular weight is 280 g/mol. The van der Waals surface area contributed by atoms with Gasteiger partial charge in [-0.25, -0.2) is 0 Å². The third kappa shape index (κ3) is 7.01. The van der Waals surface area contributed by atoms with Crippen LogP contribution in [0.5, 0.6) is 0 Å². The Morgan fingerprint density at radius 3 is 1.90 bits per heavy atom. The summed E-state index contributed by atoms with van der Waals surface area (Å²) in [5.41, 5.74) is 0. The summed E-state index contributed by atoms with van der Waals surface area (Å²) in [4.78, 5) is 1.59. The van der Waals surface area contributed by atoms with Crippen LogP contribution in [0.4, 0.5) is 0 Å². The van der Waals surface area contributed by atoms with Crippen molar-refractivity contribution in [2.24, 2.45) is 7.05 Å². The second-order valence-corrected chi connectivity index (χ2v) is 5.89. The van der Waals surface area contributed by atoms with Crippen molar-refractivity contribution >= 4 is 0 Å². The minimum atomic E-state index is 0.516. The van der Waals surface area contributed by atoms with E-state index in [0.717, 1.165) is 5.82 Å². The topological polar surface area (TPSA) is 43.6 Å². The Balaban J connectivity index is 2.34. The molecule has 0 bridgehead atoms. The molecule has 0 N–H and O–H groups in total. The van der Waals surface area contributed by atoms with E-state index in [9.17, 15) is 0 Å². The molecule has 0 aliphatic carbocycles. The van der Waals surface area contributed by atoms with Crippen LogP contribution in [0.3, 0.4) is 0 Å². The van der Waals surface area contributed by atoms with Gasteiger partial charge in [0.05, 0.1) is 7.05 Å². The Hall–Kier alpha value is -0.930. The van der Waals surface area contributed by atoms with Gasteiger partial charge in [-0.15, -0.1) is 10.2 Å². The van der Waals surface area contributed by atoms with Gasteiger partial charge in [0, 0.05) is 5.92 Å². The van der Waals surface area contributed by atoms with Gasteiger partial charge in [-0.3, -0.25) is 0 Å². The van der Waals surface area contributed by atoms with Crippen LogP contribution in [0, 0.1) is 0 Å². The number of rotatable bonds is 12. The number of hydrogen-bond donors (Lipinski definition) is 0. The molecule has 0 saturated carbocycles. The van der Waals surface area contributed by atoms with Crippen LogP contribution in [0.1, 0.15) is 96.2 Å². The van der Waals surface area contributed by atoms with E-state index in [1.54, 1.807) is 4.80 Å². The smallest absolute Gasteiger partial charge is 0.167 e. The zero-order valence-electron chi connectivity index (χ0n) is 13.6. The molecular formula is C16H32N4. The molecule has 1 heterocycles. The molecule has 1 aromatic heterocycles. The Morgan fingerprint density at radius 2 is 1.40 bits per heavy atom. The highest BCUT2D eigenvalue weighted by Crippen LogP contribution is 2.25. The van der Waals surface area contributed by atoms with E-state index in [1.165, 1.54) is 70.6 Å². The Labute approximate surface area is 124 Å². The molecule has 0 aliphatic heterocycles. The Morgan fingerprint density at radius 1 is 0.850 bits per heavy atom. The van der Waals surface area contributed by atoms with E-state index in [2.05, 4.69) is 29.3 Å². The molecule has 4 nitrogen and oxygen atoms in total. The van der Waals surface area contributed by atoms with Crippen molar-refractivity contribution in [3.63, 3.8) is 0 Å². The maximum atomic E-state index is 4.42. The first-order valence-corrected chi connectivity index (χ1v) is 8.51. The third-order valence-corrected chi connectivity index (χ3v) is 3.95. The van der Waals surface area contributed by atoms with Gasteiger partial charge < -0.3 is 0 Å². The molecule has 0 saturated heterocycles. The summed E-state index contributed by atoms with van der Waals surface area (Å²) in [5, 5.41) is 12.6. The first kappa shape index (κ1) is 17.1. The molecule has 1 atom stereocenters. The number of tetrazole rings is 1. The van der Waals surface area contributed by atoms with E-state index in [-0.39, 0.29) is 0 Å². The van der Waals surface area contributed by atoms with E-state index in [4.69, 9.17) is 0 Å². The summed E-state index contributed by atoms with van der Waals surface area (Å²) in [5.74, 6) is 1.47. The number of aromatic nitrogens is 4. The van der Waals surface area contributed by atoms with E-state index in [0.29, 0.717) is 5.92 Å². The summed E-state index contributed by atoms with van der Waals surface area (Å²) >= 11 is 0. The number of hydrogen-bond acceptors (Lipinski definition) is 3. The van der Waals surface area contributed by atoms with Gasteiger partial charge in [0.15, 0.2) is 5.82 Å². The zero-order chi connectivity index (χ0) is 14.6. The molecule has 1 unspecified atom stereocenters. The number of unbranched alkanes of at least 4 members (excludes halogenated alkanes) is 7. The summed E-state index contributed by atoms with van der Waals surface area (Å²) in [6, 6.07) is 0. The highest BCUT2D eigenvalue weighted by Gasteiger charge is 2.16. The molecular weight excluding hydrogens is 248 g/mol. The van der Waals surface area contributed by atoms with Crippen LogP contribution in [0.15, 0.2) is 0 Å².